The van der Waals surface area contributed by atoms with Crippen molar-refractivity contribution in [1.29, 1.82) is 0 Å². The number of ether oxygens (including phenoxy) is 1. The van der Waals surface area contributed by atoms with Gasteiger partial charge in [-0.05, 0) is 37.4 Å². The second kappa shape index (κ2) is 5.66. The largest absolute Gasteiger partial charge is 0.382 e. The van der Waals surface area contributed by atoms with Crippen LogP contribution >= 0.6 is 12.2 Å². The van der Waals surface area contributed by atoms with Crippen molar-refractivity contribution in [1.82, 2.24) is 10.6 Å². The minimum Gasteiger partial charge on any atom is -0.382 e. The van der Waals surface area contributed by atoms with Gasteiger partial charge in [0.2, 0.25) is 0 Å². The quantitative estimate of drug-likeness (QED) is 0.537. The molecule has 2 N–H and O–H groups in total. The molecule has 0 radical (unpaired) electrons. The first-order valence-corrected chi connectivity index (χ1v) is 6.09. The summed E-state index contributed by atoms with van der Waals surface area (Å²) >= 11 is 5.19. The Labute approximate surface area is 98.0 Å². The Bertz CT molecular complexity index is 219. The van der Waals surface area contributed by atoms with Crippen LogP contribution in [0.2, 0.25) is 0 Å². The average molecular weight is 230 g/mol. The van der Waals surface area contributed by atoms with Crippen molar-refractivity contribution < 1.29 is 4.74 Å². The molecule has 88 valence electrons. The smallest absolute Gasteiger partial charge is 0.166 e. The van der Waals surface area contributed by atoms with Crippen LogP contribution in [0.4, 0.5) is 0 Å². The molecule has 0 aliphatic heterocycles. The SMILES string of the molecule is CCOCCCNC(=S)NC1CC1(C)C. The molecule has 3 nitrogen and oxygen atoms in total. The lowest BCUT2D eigenvalue weighted by Crippen LogP contribution is -2.38. The van der Waals surface area contributed by atoms with Crippen LogP contribution in [0.15, 0.2) is 0 Å². The van der Waals surface area contributed by atoms with E-state index in [-0.39, 0.29) is 0 Å². The Morgan fingerprint density at radius 3 is 2.73 bits per heavy atom. The van der Waals surface area contributed by atoms with Gasteiger partial charge in [-0.25, -0.2) is 0 Å². The summed E-state index contributed by atoms with van der Waals surface area (Å²) in [5.74, 6) is 0. The highest BCUT2D eigenvalue weighted by atomic mass is 32.1. The molecule has 1 aliphatic carbocycles. The topological polar surface area (TPSA) is 33.3 Å². The zero-order chi connectivity index (χ0) is 11.3. The van der Waals surface area contributed by atoms with E-state index in [0.29, 0.717) is 11.5 Å². The zero-order valence-corrected chi connectivity index (χ0v) is 10.7. The van der Waals surface area contributed by atoms with Gasteiger partial charge in [-0.15, -0.1) is 0 Å². The van der Waals surface area contributed by atoms with E-state index in [0.717, 1.165) is 31.3 Å². The van der Waals surface area contributed by atoms with E-state index >= 15 is 0 Å². The summed E-state index contributed by atoms with van der Waals surface area (Å²) in [6.07, 6.45) is 2.22. The zero-order valence-electron chi connectivity index (χ0n) is 9.93. The Kier molecular flexibility index (Phi) is 4.80. The molecule has 0 aromatic heterocycles. The average Bonchev–Trinajstić information content (AvgIpc) is 2.73. The van der Waals surface area contributed by atoms with Gasteiger partial charge in [-0.2, -0.15) is 0 Å². The fraction of sp³-hybridized carbons (Fsp3) is 0.909. The van der Waals surface area contributed by atoms with E-state index in [4.69, 9.17) is 17.0 Å². The Morgan fingerprint density at radius 2 is 2.20 bits per heavy atom. The van der Waals surface area contributed by atoms with Crippen molar-refractivity contribution in [2.45, 2.75) is 39.7 Å². The van der Waals surface area contributed by atoms with Gasteiger partial charge in [0.25, 0.3) is 0 Å². The van der Waals surface area contributed by atoms with Crippen LogP contribution in [0.25, 0.3) is 0 Å². The van der Waals surface area contributed by atoms with E-state index in [1.165, 1.54) is 6.42 Å². The van der Waals surface area contributed by atoms with Crippen LogP contribution in [0.3, 0.4) is 0 Å². The van der Waals surface area contributed by atoms with E-state index in [9.17, 15) is 0 Å². The normalized spacial score (nSPS) is 22.2. The number of hydrogen-bond donors (Lipinski definition) is 2. The Hall–Kier alpha value is -0.350. The van der Waals surface area contributed by atoms with E-state index in [1.807, 2.05) is 6.92 Å². The van der Waals surface area contributed by atoms with Crippen LogP contribution in [0, 0.1) is 5.41 Å². The van der Waals surface area contributed by atoms with Crippen molar-refractivity contribution in [3.63, 3.8) is 0 Å². The van der Waals surface area contributed by atoms with Gasteiger partial charge >= 0.3 is 0 Å². The summed E-state index contributed by atoms with van der Waals surface area (Å²) in [5, 5.41) is 7.29. The van der Waals surface area contributed by atoms with Gasteiger partial charge < -0.3 is 15.4 Å². The van der Waals surface area contributed by atoms with E-state index in [2.05, 4.69) is 24.5 Å². The number of hydrogen-bond acceptors (Lipinski definition) is 2. The molecule has 4 heteroatoms. The maximum atomic E-state index is 5.24. The van der Waals surface area contributed by atoms with Crippen LogP contribution in [0.5, 0.6) is 0 Å². The first-order chi connectivity index (χ1) is 7.06. The molecule has 1 saturated carbocycles. The molecular weight excluding hydrogens is 208 g/mol. The van der Waals surface area contributed by atoms with Crippen LogP contribution in [-0.4, -0.2) is 30.9 Å². The van der Waals surface area contributed by atoms with Crippen LogP contribution in [-0.2, 0) is 4.74 Å². The molecule has 0 aromatic carbocycles. The van der Waals surface area contributed by atoms with Gasteiger partial charge in [0, 0.05) is 25.8 Å². The highest BCUT2D eigenvalue weighted by Crippen LogP contribution is 2.44. The van der Waals surface area contributed by atoms with Gasteiger partial charge in [0.05, 0.1) is 0 Å². The monoisotopic (exact) mass is 230 g/mol. The number of nitrogens with one attached hydrogen (secondary N) is 2. The highest BCUT2D eigenvalue weighted by Gasteiger charge is 2.45. The van der Waals surface area contributed by atoms with Gasteiger partial charge in [-0.3, -0.25) is 0 Å². The molecule has 1 rings (SSSR count). The van der Waals surface area contributed by atoms with Crippen molar-refractivity contribution in [2.24, 2.45) is 5.41 Å². The molecule has 1 fully saturated rings. The Balaban J connectivity index is 1.95. The standard InChI is InChI=1S/C11H22N2OS/c1-4-14-7-5-6-12-10(15)13-9-8-11(9,2)3/h9H,4-8H2,1-3H3,(H2,12,13,15). The molecule has 0 saturated heterocycles. The maximum absolute atomic E-state index is 5.24. The molecule has 0 amide bonds. The molecular formula is C11H22N2OS. The van der Waals surface area contributed by atoms with Crippen molar-refractivity contribution in [3.8, 4) is 0 Å². The van der Waals surface area contributed by atoms with Crippen molar-refractivity contribution in [3.05, 3.63) is 0 Å². The fourth-order valence-corrected chi connectivity index (χ4v) is 1.69. The Morgan fingerprint density at radius 1 is 1.53 bits per heavy atom. The van der Waals surface area contributed by atoms with Crippen LogP contribution in [0.1, 0.15) is 33.6 Å². The van der Waals surface area contributed by atoms with Crippen molar-refractivity contribution >= 4 is 17.3 Å². The van der Waals surface area contributed by atoms with E-state index < -0.39 is 0 Å². The first kappa shape index (κ1) is 12.7. The van der Waals surface area contributed by atoms with Gasteiger partial charge in [0.1, 0.15) is 0 Å². The summed E-state index contributed by atoms with van der Waals surface area (Å²) in [5.41, 5.74) is 0.428. The summed E-state index contributed by atoms with van der Waals surface area (Å²) in [6.45, 7) is 9.00. The lowest BCUT2D eigenvalue weighted by atomic mass is 10.2. The van der Waals surface area contributed by atoms with Gasteiger partial charge in [0.15, 0.2) is 5.11 Å². The second-order valence-electron chi connectivity index (χ2n) is 4.70. The van der Waals surface area contributed by atoms with E-state index in [1.54, 1.807) is 0 Å². The minimum atomic E-state index is 0.428. The molecule has 0 spiro atoms. The fourth-order valence-electron chi connectivity index (χ4n) is 1.44. The van der Waals surface area contributed by atoms with Gasteiger partial charge in [-0.1, -0.05) is 13.8 Å². The molecule has 1 aliphatic rings. The third-order valence-electron chi connectivity index (χ3n) is 2.77. The molecule has 15 heavy (non-hydrogen) atoms. The number of rotatable bonds is 6. The molecule has 0 bridgehead atoms. The molecule has 0 aromatic rings. The predicted octanol–water partition coefficient (Wildman–Crippen LogP) is 1.68. The summed E-state index contributed by atoms with van der Waals surface area (Å²) < 4.78 is 5.24. The first-order valence-electron chi connectivity index (χ1n) is 5.68. The summed E-state index contributed by atoms with van der Waals surface area (Å²) in [4.78, 5) is 0. The third kappa shape index (κ3) is 4.80. The lowest BCUT2D eigenvalue weighted by Gasteiger charge is -2.11. The molecule has 0 heterocycles. The van der Waals surface area contributed by atoms with Crippen molar-refractivity contribution in [2.75, 3.05) is 19.8 Å². The third-order valence-corrected chi connectivity index (χ3v) is 3.04. The number of thiocarbonyl (C=S) groups is 1. The highest BCUT2D eigenvalue weighted by molar-refractivity contribution is 7.80. The lowest BCUT2D eigenvalue weighted by molar-refractivity contribution is 0.145. The minimum absolute atomic E-state index is 0.428. The predicted molar refractivity (Wildman–Crippen MR) is 67.0 cm³/mol. The molecule has 1 atom stereocenters. The molecule has 1 unspecified atom stereocenters. The summed E-state index contributed by atoms with van der Waals surface area (Å²) in [6, 6.07) is 0.560. The maximum Gasteiger partial charge on any atom is 0.166 e. The van der Waals surface area contributed by atoms with Crippen LogP contribution < -0.4 is 10.6 Å². The second-order valence-corrected chi connectivity index (χ2v) is 5.10. The summed E-state index contributed by atoms with van der Waals surface area (Å²) in [7, 11) is 0.